The largest absolute Gasteiger partial charge is 0.534 e. The van der Waals surface area contributed by atoms with E-state index in [9.17, 15) is 43.2 Å². The number of carbonyl (C=O) groups is 2. The molecule has 0 spiro atoms. The Morgan fingerprint density at radius 2 is 0.915 bits per heavy atom. The minimum absolute atomic E-state index is 0.277. The molecule has 1 aliphatic heterocycles. The lowest BCUT2D eigenvalue weighted by Gasteiger charge is -2.33. The van der Waals surface area contributed by atoms with Crippen molar-refractivity contribution in [3.05, 3.63) is 131 Å². The number of ether oxygens (including phenoxy) is 2. The molecule has 0 bridgehead atoms. The molecule has 1 aliphatic carbocycles. The zero-order valence-corrected chi connectivity index (χ0v) is 32.6. The minimum atomic E-state index is -6.25. The Kier molecular flexibility index (Phi) is 11.9. The molecule has 1 fully saturated rings. The molecular weight excluding hydrogens is 835 g/mol. The van der Waals surface area contributed by atoms with E-state index in [4.69, 9.17) is 9.47 Å². The monoisotopic (exact) mass is 868 g/mol. The first kappa shape index (κ1) is 43.1. The summed E-state index contributed by atoms with van der Waals surface area (Å²) in [5.41, 5.74) is -12.3. The van der Waals surface area contributed by atoms with E-state index in [1.165, 1.54) is 24.3 Å². The number of nitrogens with zero attached hydrogens (tertiary/aromatic N) is 2. The summed E-state index contributed by atoms with van der Waals surface area (Å²) in [5.74, 6) is -4.99. The van der Waals surface area contributed by atoms with Gasteiger partial charge in [0, 0.05) is 24.0 Å². The lowest BCUT2D eigenvalue weighted by atomic mass is 9.85. The van der Waals surface area contributed by atoms with Gasteiger partial charge >= 0.3 is 31.3 Å². The van der Waals surface area contributed by atoms with E-state index in [0.29, 0.717) is 11.1 Å². The minimum Gasteiger partial charge on any atom is -0.374 e. The average Bonchev–Trinajstić information content (AvgIpc) is 3.48. The fourth-order valence-electron chi connectivity index (χ4n) is 6.56. The van der Waals surface area contributed by atoms with Gasteiger partial charge in [-0.1, -0.05) is 84.9 Å². The first-order chi connectivity index (χ1) is 27.6. The molecular formula is C39H34F6N2O10S2. The molecule has 1 heterocycles. The predicted molar refractivity (Wildman–Crippen MR) is 199 cm³/mol. The second-order valence-electron chi connectivity index (χ2n) is 13.7. The number of halogens is 6. The van der Waals surface area contributed by atoms with E-state index in [2.05, 4.69) is 8.37 Å². The normalized spacial score (nSPS) is 18.2. The highest BCUT2D eigenvalue weighted by Crippen LogP contribution is 2.44. The smallest absolute Gasteiger partial charge is 0.374 e. The molecule has 1 saturated heterocycles. The third-order valence-corrected chi connectivity index (χ3v) is 11.0. The van der Waals surface area contributed by atoms with E-state index >= 15 is 9.59 Å². The first-order valence-corrected chi connectivity index (χ1v) is 20.4. The van der Waals surface area contributed by atoms with Gasteiger partial charge in [0.1, 0.15) is 0 Å². The second kappa shape index (κ2) is 16.3. The zero-order valence-electron chi connectivity index (χ0n) is 30.9. The number of hydrogen-bond acceptors (Lipinski definition) is 10. The van der Waals surface area contributed by atoms with Crippen LogP contribution in [0.4, 0.5) is 37.7 Å². The van der Waals surface area contributed by atoms with Crippen molar-refractivity contribution >= 4 is 43.4 Å². The Labute approximate surface area is 334 Å². The Morgan fingerprint density at radius 3 is 1.25 bits per heavy atom. The molecule has 314 valence electrons. The number of benzene rings is 4. The third-order valence-electron chi connectivity index (χ3n) is 9.11. The SMILES string of the molecule is CC1(C)O[C@@H]2CC(C(=O)N(Cc3ccccc3)c3ccccc3OS(=O)(=O)C(F)(F)F)=C(C(=O)N(Cc3ccccc3)c3ccccc3OS(=O)(=O)C(F)(F)F)C[C@H]2O1. The van der Waals surface area contributed by atoms with Gasteiger partial charge in [0.05, 0.1) is 36.7 Å². The molecule has 20 heteroatoms. The van der Waals surface area contributed by atoms with Crippen LogP contribution >= 0.6 is 0 Å². The van der Waals surface area contributed by atoms with Gasteiger partial charge in [-0.15, -0.1) is 0 Å². The number of para-hydroxylation sites is 4. The van der Waals surface area contributed by atoms with Gasteiger partial charge in [0.25, 0.3) is 11.8 Å². The highest BCUT2D eigenvalue weighted by Gasteiger charge is 2.51. The average molecular weight is 869 g/mol. The molecule has 0 saturated carbocycles. The number of anilines is 2. The Bertz CT molecular complexity index is 2290. The Hall–Kier alpha value is -5.44. The summed E-state index contributed by atoms with van der Waals surface area (Å²) in [6.07, 6.45) is -2.43. The van der Waals surface area contributed by atoms with Crippen LogP contribution in [0.1, 0.15) is 37.8 Å². The maximum absolute atomic E-state index is 15.1. The van der Waals surface area contributed by atoms with Crippen molar-refractivity contribution in [2.75, 3.05) is 9.80 Å². The number of carbonyl (C=O) groups excluding carboxylic acids is 2. The van der Waals surface area contributed by atoms with Crippen molar-refractivity contribution in [2.24, 2.45) is 0 Å². The molecule has 0 radical (unpaired) electrons. The Morgan fingerprint density at radius 1 is 0.593 bits per heavy atom. The molecule has 4 aromatic carbocycles. The van der Waals surface area contributed by atoms with Crippen LogP contribution in [0.25, 0.3) is 0 Å². The van der Waals surface area contributed by atoms with Gasteiger partial charge in [-0.2, -0.15) is 43.2 Å². The van der Waals surface area contributed by atoms with Crippen LogP contribution < -0.4 is 18.2 Å². The maximum atomic E-state index is 15.1. The molecule has 2 atom stereocenters. The van der Waals surface area contributed by atoms with Crippen molar-refractivity contribution in [1.82, 2.24) is 0 Å². The standard InChI is InChI=1S/C39H34F6N2O10S2/c1-37(2)54-33-21-27(35(48)46(23-25-13-5-3-6-14-25)29-17-9-11-19-31(29)56-58(50,51)38(40,41)42)28(22-34(33)55-37)36(49)47(24-26-15-7-4-8-16-26)30-18-10-12-20-32(30)57-59(52,53)39(43,44)45/h3-20,33-34H,21-24H2,1-2H3/t33-,34-/m1/s1. The molecule has 0 aromatic heterocycles. The summed E-state index contributed by atoms with van der Waals surface area (Å²) in [6.45, 7) is 2.38. The van der Waals surface area contributed by atoms with Gasteiger partial charge in [0.15, 0.2) is 17.3 Å². The molecule has 2 aliphatic rings. The lowest BCUT2D eigenvalue weighted by molar-refractivity contribution is -0.145. The van der Waals surface area contributed by atoms with E-state index in [1.54, 1.807) is 74.5 Å². The van der Waals surface area contributed by atoms with Gasteiger partial charge < -0.3 is 27.6 Å². The van der Waals surface area contributed by atoms with Gasteiger partial charge in [-0.25, -0.2) is 0 Å². The summed E-state index contributed by atoms with van der Waals surface area (Å²) in [6, 6.07) is 25.2. The molecule has 2 amide bonds. The number of alkyl halides is 6. The quantitative estimate of drug-likeness (QED) is 0.0797. The van der Waals surface area contributed by atoms with Crippen molar-refractivity contribution in [2.45, 2.75) is 68.8 Å². The lowest BCUT2D eigenvalue weighted by Crippen LogP contribution is -2.42. The fourth-order valence-corrected chi connectivity index (χ4v) is 7.50. The van der Waals surface area contributed by atoms with Gasteiger partial charge in [-0.3, -0.25) is 9.59 Å². The van der Waals surface area contributed by atoms with Crippen LogP contribution in [0.3, 0.4) is 0 Å². The van der Waals surface area contributed by atoms with Gasteiger partial charge in [-0.05, 0) is 49.2 Å². The molecule has 6 rings (SSSR count). The molecule has 59 heavy (non-hydrogen) atoms. The number of amides is 2. The van der Waals surface area contributed by atoms with Crippen molar-refractivity contribution in [1.29, 1.82) is 0 Å². The Balaban J connectivity index is 1.54. The van der Waals surface area contributed by atoms with Crippen molar-refractivity contribution in [3.63, 3.8) is 0 Å². The maximum Gasteiger partial charge on any atom is 0.534 e. The zero-order chi connectivity index (χ0) is 43.0. The van der Waals surface area contributed by atoms with Gasteiger partial charge in [0.2, 0.25) is 0 Å². The summed E-state index contributed by atoms with van der Waals surface area (Å²) in [4.78, 5) is 32.1. The highest BCUT2D eigenvalue weighted by molar-refractivity contribution is 7.88. The van der Waals surface area contributed by atoms with Crippen LogP contribution in [0.2, 0.25) is 0 Å². The van der Waals surface area contributed by atoms with Crippen molar-refractivity contribution in [3.8, 4) is 11.5 Å². The fraction of sp³-hybridized carbons (Fsp3) is 0.282. The summed E-state index contributed by atoms with van der Waals surface area (Å²) >= 11 is 0. The molecule has 12 nitrogen and oxygen atoms in total. The molecule has 0 N–H and O–H groups in total. The topological polar surface area (TPSA) is 146 Å². The van der Waals surface area contributed by atoms with Crippen LogP contribution in [0, 0.1) is 0 Å². The van der Waals surface area contributed by atoms with Crippen LogP contribution in [-0.4, -0.2) is 57.7 Å². The summed E-state index contributed by atoms with van der Waals surface area (Å²) in [7, 11) is -12.5. The highest BCUT2D eigenvalue weighted by atomic mass is 32.2. The predicted octanol–water partition coefficient (Wildman–Crippen LogP) is 7.52. The summed E-state index contributed by atoms with van der Waals surface area (Å²) in [5, 5.41) is 0. The van der Waals surface area contributed by atoms with E-state index in [-0.39, 0.29) is 24.0 Å². The second-order valence-corrected chi connectivity index (χ2v) is 16.8. The number of hydrogen-bond donors (Lipinski definition) is 0. The summed E-state index contributed by atoms with van der Waals surface area (Å²) < 4.78 is 151. The first-order valence-electron chi connectivity index (χ1n) is 17.6. The van der Waals surface area contributed by atoms with Crippen LogP contribution in [-0.2, 0) is 52.4 Å². The number of rotatable bonds is 12. The van der Waals surface area contributed by atoms with Crippen LogP contribution in [0.15, 0.2) is 120 Å². The van der Waals surface area contributed by atoms with Crippen molar-refractivity contribution < 1.29 is 70.6 Å². The van der Waals surface area contributed by atoms with E-state index in [1.807, 2.05) is 0 Å². The molecule has 4 aromatic rings. The van der Waals surface area contributed by atoms with E-state index in [0.717, 1.165) is 34.1 Å². The number of fused-ring (bicyclic) bond motifs is 1. The molecule has 0 unspecified atom stereocenters. The van der Waals surface area contributed by atoms with Crippen LogP contribution in [0.5, 0.6) is 11.5 Å². The van der Waals surface area contributed by atoms with E-state index < -0.39 is 97.0 Å². The third kappa shape index (κ3) is 9.56.